The standard InChI is InChI=1S/C16H26Br2O3/c1-2-21-15(20)16(18)12-10-8-6-4-3-5-7-9-11-13(17)14(16)19/h13H,2-12H2,1H3. The van der Waals surface area contributed by atoms with E-state index in [0.717, 1.165) is 32.1 Å². The van der Waals surface area contributed by atoms with E-state index >= 15 is 0 Å². The number of hydrogen-bond donors (Lipinski definition) is 0. The third kappa shape index (κ3) is 6.01. The van der Waals surface area contributed by atoms with E-state index in [1.165, 1.54) is 25.7 Å². The highest BCUT2D eigenvalue weighted by Crippen LogP contribution is 2.33. The molecule has 1 aliphatic carbocycles. The van der Waals surface area contributed by atoms with E-state index < -0.39 is 10.3 Å². The van der Waals surface area contributed by atoms with Gasteiger partial charge in [-0.3, -0.25) is 9.59 Å². The van der Waals surface area contributed by atoms with Gasteiger partial charge in [-0.1, -0.05) is 83.2 Å². The van der Waals surface area contributed by atoms with Gasteiger partial charge in [0.1, 0.15) is 0 Å². The minimum atomic E-state index is -1.18. The predicted molar refractivity (Wildman–Crippen MR) is 92.2 cm³/mol. The minimum Gasteiger partial charge on any atom is -0.465 e. The Morgan fingerprint density at radius 3 is 2.24 bits per heavy atom. The molecule has 0 radical (unpaired) electrons. The van der Waals surface area contributed by atoms with Crippen LogP contribution in [0.15, 0.2) is 0 Å². The van der Waals surface area contributed by atoms with E-state index in [1.54, 1.807) is 6.92 Å². The Hall–Kier alpha value is 0.1000. The summed E-state index contributed by atoms with van der Waals surface area (Å²) in [7, 11) is 0. The van der Waals surface area contributed by atoms with E-state index in [9.17, 15) is 9.59 Å². The van der Waals surface area contributed by atoms with Crippen LogP contribution in [0, 0.1) is 0 Å². The van der Waals surface area contributed by atoms with Crippen molar-refractivity contribution in [3.63, 3.8) is 0 Å². The molecule has 1 rings (SSSR count). The van der Waals surface area contributed by atoms with Gasteiger partial charge in [-0.05, 0) is 19.8 Å². The van der Waals surface area contributed by atoms with Gasteiger partial charge in [-0.25, -0.2) is 0 Å². The molecule has 0 saturated heterocycles. The van der Waals surface area contributed by atoms with Crippen LogP contribution in [0.2, 0.25) is 0 Å². The van der Waals surface area contributed by atoms with E-state index in [0.29, 0.717) is 13.0 Å². The van der Waals surface area contributed by atoms with Crippen LogP contribution in [0.1, 0.15) is 71.1 Å². The second-order valence-electron chi connectivity index (χ2n) is 5.72. The molecular weight excluding hydrogens is 400 g/mol. The maximum Gasteiger partial charge on any atom is 0.330 e. The number of ketones is 1. The zero-order valence-corrected chi connectivity index (χ0v) is 16.0. The van der Waals surface area contributed by atoms with Gasteiger partial charge in [-0.2, -0.15) is 0 Å². The Kier molecular flexibility index (Phi) is 9.10. The number of alkyl halides is 2. The lowest BCUT2D eigenvalue weighted by Gasteiger charge is -2.26. The molecule has 0 aromatic carbocycles. The molecule has 2 atom stereocenters. The van der Waals surface area contributed by atoms with E-state index in [-0.39, 0.29) is 10.6 Å². The molecule has 1 aliphatic rings. The summed E-state index contributed by atoms with van der Waals surface area (Å²) in [6, 6.07) is 0. The first-order valence-corrected chi connectivity index (χ1v) is 9.77. The van der Waals surface area contributed by atoms with Crippen LogP contribution in [-0.4, -0.2) is 27.5 Å². The number of rotatable bonds is 2. The van der Waals surface area contributed by atoms with Crippen molar-refractivity contribution in [1.29, 1.82) is 0 Å². The number of halogens is 2. The van der Waals surface area contributed by atoms with Crippen LogP contribution in [0.3, 0.4) is 0 Å². The molecule has 21 heavy (non-hydrogen) atoms. The minimum absolute atomic E-state index is 0.0832. The topological polar surface area (TPSA) is 43.4 Å². The molecule has 0 N–H and O–H groups in total. The van der Waals surface area contributed by atoms with Gasteiger partial charge in [-0.15, -0.1) is 0 Å². The lowest BCUT2D eigenvalue weighted by Crippen LogP contribution is -2.46. The summed E-state index contributed by atoms with van der Waals surface area (Å²) < 4.78 is 3.95. The molecular formula is C16H26Br2O3. The third-order valence-corrected chi connectivity index (χ3v) is 5.99. The van der Waals surface area contributed by atoms with Crippen LogP contribution in [0.25, 0.3) is 0 Å². The number of esters is 1. The van der Waals surface area contributed by atoms with Crippen molar-refractivity contribution in [2.24, 2.45) is 0 Å². The molecule has 5 heteroatoms. The summed E-state index contributed by atoms with van der Waals surface area (Å²) in [5.41, 5.74) is 0. The molecule has 0 aliphatic heterocycles. The highest BCUT2D eigenvalue weighted by Gasteiger charge is 2.46. The zero-order valence-electron chi connectivity index (χ0n) is 12.8. The molecule has 1 saturated carbocycles. The number of carbonyl (C=O) groups is 2. The quantitative estimate of drug-likeness (QED) is 0.357. The number of ether oxygens (including phenoxy) is 1. The maximum atomic E-state index is 12.7. The van der Waals surface area contributed by atoms with Gasteiger partial charge >= 0.3 is 5.97 Å². The third-order valence-electron chi connectivity index (χ3n) is 4.00. The number of hydrogen-bond acceptors (Lipinski definition) is 3. The van der Waals surface area contributed by atoms with Crippen molar-refractivity contribution in [2.75, 3.05) is 6.61 Å². The molecule has 0 heterocycles. The molecule has 2 unspecified atom stereocenters. The Balaban J connectivity index is 2.81. The Bertz CT molecular complexity index is 346. The molecule has 1 fully saturated rings. The fraction of sp³-hybridized carbons (Fsp3) is 0.875. The summed E-state index contributed by atoms with van der Waals surface area (Å²) in [6.45, 7) is 2.07. The molecule has 0 aromatic rings. The molecule has 0 spiro atoms. The van der Waals surface area contributed by atoms with Crippen molar-refractivity contribution >= 4 is 43.6 Å². The van der Waals surface area contributed by atoms with Crippen LogP contribution in [0.4, 0.5) is 0 Å². The largest absolute Gasteiger partial charge is 0.465 e. The average molecular weight is 426 g/mol. The molecule has 0 bridgehead atoms. The van der Waals surface area contributed by atoms with Crippen LogP contribution < -0.4 is 0 Å². The monoisotopic (exact) mass is 424 g/mol. The SMILES string of the molecule is CCOC(=O)C1(Br)CCCCCCCCCCC(Br)C1=O. The smallest absolute Gasteiger partial charge is 0.330 e. The molecule has 0 amide bonds. The normalized spacial score (nSPS) is 29.9. The van der Waals surface area contributed by atoms with Gasteiger partial charge in [0.15, 0.2) is 10.1 Å². The molecule has 122 valence electrons. The lowest BCUT2D eigenvalue weighted by atomic mass is 9.93. The zero-order chi connectivity index (χ0) is 15.7. The average Bonchev–Trinajstić information content (AvgIpc) is 2.48. The second-order valence-corrected chi connectivity index (χ2v) is 8.18. The van der Waals surface area contributed by atoms with Crippen LogP contribution in [0.5, 0.6) is 0 Å². The maximum absolute atomic E-state index is 12.7. The summed E-state index contributed by atoms with van der Waals surface area (Å²) in [6.07, 6.45) is 10.4. The van der Waals surface area contributed by atoms with Gasteiger partial charge in [0.25, 0.3) is 0 Å². The van der Waals surface area contributed by atoms with Gasteiger partial charge in [0, 0.05) is 0 Å². The van der Waals surface area contributed by atoms with Crippen molar-refractivity contribution < 1.29 is 14.3 Å². The fourth-order valence-electron chi connectivity index (χ4n) is 2.70. The van der Waals surface area contributed by atoms with Crippen molar-refractivity contribution in [3.05, 3.63) is 0 Å². The summed E-state index contributed by atoms with van der Waals surface area (Å²) in [5, 5.41) is 0. The molecule has 0 aromatic heterocycles. The number of carbonyl (C=O) groups excluding carboxylic acids is 2. The van der Waals surface area contributed by atoms with E-state index in [2.05, 4.69) is 31.9 Å². The predicted octanol–water partition coefficient (Wildman–Crippen LogP) is 4.93. The van der Waals surface area contributed by atoms with Crippen molar-refractivity contribution in [1.82, 2.24) is 0 Å². The van der Waals surface area contributed by atoms with Crippen molar-refractivity contribution in [2.45, 2.75) is 80.3 Å². The first-order valence-electron chi connectivity index (χ1n) is 8.07. The number of Topliss-reactive ketones (excluding diaryl/α,β-unsaturated/α-hetero) is 1. The van der Waals surface area contributed by atoms with Crippen molar-refractivity contribution in [3.8, 4) is 0 Å². The van der Waals surface area contributed by atoms with Gasteiger partial charge in [0.05, 0.1) is 11.4 Å². The van der Waals surface area contributed by atoms with E-state index in [4.69, 9.17) is 4.74 Å². The Labute approximate surface area is 144 Å². The Morgan fingerprint density at radius 1 is 1.14 bits per heavy atom. The first kappa shape index (κ1) is 19.1. The van der Waals surface area contributed by atoms with Gasteiger partial charge < -0.3 is 4.74 Å². The van der Waals surface area contributed by atoms with Crippen LogP contribution in [-0.2, 0) is 14.3 Å². The summed E-state index contributed by atoms with van der Waals surface area (Å²) >= 11 is 6.89. The van der Waals surface area contributed by atoms with E-state index in [1.807, 2.05) is 0 Å². The highest BCUT2D eigenvalue weighted by molar-refractivity contribution is 9.11. The van der Waals surface area contributed by atoms with Crippen LogP contribution >= 0.6 is 31.9 Å². The Morgan fingerprint density at radius 2 is 1.67 bits per heavy atom. The second kappa shape index (κ2) is 9.98. The summed E-state index contributed by atoms with van der Waals surface area (Å²) in [5.74, 6) is -0.519. The highest BCUT2D eigenvalue weighted by atomic mass is 79.9. The first-order chi connectivity index (χ1) is 10.0. The summed E-state index contributed by atoms with van der Waals surface area (Å²) in [4.78, 5) is 24.7. The van der Waals surface area contributed by atoms with Gasteiger partial charge in [0.2, 0.25) is 0 Å². The molecule has 3 nitrogen and oxygen atoms in total. The fourth-order valence-corrected chi connectivity index (χ4v) is 4.40. The lowest BCUT2D eigenvalue weighted by molar-refractivity contribution is -0.149.